The molecular weight excluding hydrogens is 739 g/mol. The second-order valence-corrected chi connectivity index (χ2v) is 18.6. The summed E-state index contributed by atoms with van der Waals surface area (Å²) >= 11 is -0.826. The molecule has 264 valence electrons. The monoisotopic (exact) mass is 790 g/mol. The van der Waals surface area contributed by atoms with Crippen molar-refractivity contribution in [1.29, 1.82) is 0 Å². The second-order valence-electron chi connectivity index (χ2n) is 14.8. The number of rotatable bonds is 8. The van der Waals surface area contributed by atoms with Crippen molar-refractivity contribution in [2.24, 2.45) is 0 Å². The Morgan fingerprint density at radius 2 is 0.902 bits per heavy atom. The molecule has 0 N–H and O–H groups in total. The van der Waals surface area contributed by atoms with E-state index in [9.17, 15) is 0 Å². The molecule has 0 radical (unpaired) electrons. The van der Waals surface area contributed by atoms with Crippen molar-refractivity contribution in [3.63, 3.8) is 0 Å². The van der Waals surface area contributed by atoms with Crippen LogP contribution in [-0.4, -0.2) is 0 Å². The fraction of sp³-hybridized carbons (Fsp3) is 0.375. The van der Waals surface area contributed by atoms with E-state index in [0.29, 0.717) is 0 Å². The van der Waals surface area contributed by atoms with Gasteiger partial charge in [0.1, 0.15) is 0 Å². The molecule has 2 aliphatic carbocycles. The molecule has 0 saturated heterocycles. The van der Waals surface area contributed by atoms with Crippen LogP contribution in [0.3, 0.4) is 0 Å². The van der Waals surface area contributed by atoms with Gasteiger partial charge in [-0.3, -0.25) is 0 Å². The van der Waals surface area contributed by atoms with Crippen molar-refractivity contribution in [2.45, 2.75) is 116 Å². The molecule has 8 rings (SSSR count). The van der Waals surface area contributed by atoms with Gasteiger partial charge in [0.25, 0.3) is 0 Å². The van der Waals surface area contributed by atoms with Crippen LogP contribution in [0.4, 0.5) is 0 Å². The van der Waals surface area contributed by atoms with Gasteiger partial charge in [0, 0.05) is 0 Å². The molecule has 0 atom stereocenters. The van der Waals surface area contributed by atoms with E-state index >= 15 is 0 Å². The zero-order valence-electron chi connectivity index (χ0n) is 30.7. The Morgan fingerprint density at radius 1 is 0.529 bits per heavy atom. The number of hydrogen-bond acceptors (Lipinski definition) is 0. The van der Waals surface area contributed by atoms with Crippen molar-refractivity contribution in [3.05, 3.63) is 131 Å². The molecule has 6 aromatic rings. The summed E-state index contributed by atoms with van der Waals surface area (Å²) in [7, 11) is 9.87. The molecule has 0 spiro atoms. The van der Waals surface area contributed by atoms with Gasteiger partial charge < -0.3 is 0 Å². The predicted molar refractivity (Wildman–Crippen MR) is 221 cm³/mol. The Bertz CT molecular complexity index is 1770. The second kappa shape index (κ2) is 19.6. The molecule has 0 amide bonds. The van der Waals surface area contributed by atoms with E-state index in [-0.39, 0.29) is 0 Å². The molecule has 0 bridgehead atoms. The number of fused-ring (bicyclic) bond motifs is 2. The maximum absolute atomic E-state index is 4.93. The molecule has 0 heterocycles. The molecule has 2 saturated carbocycles. The Morgan fingerprint density at radius 3 is 1.25 bits per heavy atom. The van der Waals surface area contributed by atoms with Crippen LogP contribution in [0.2, 0.25) is 0 Å². The molecule has 51 heavy (non-hydrogen) atoms. The molecule has 0 aromatic heterocycles. The first kappa shape index (κ1) is 38.3. The van der Waals surface area contributed by atoms with Crippen LogP contribution in [0.25, 0.3) is 43.8 Å². The zero-order valence-corrected chi connectivity index (χ0v) is 34.7. The Hall–Kier alpha value is -2.44. The van der Waals surface area contributed by atoms with E-state index in [1.54, 1.807) is 11.1 Å². The van der Waals surface area contributed by atoms with E-state index in [0.717, 1.165) is 11.8 Å². The van der Waals surface area contributed by atoms with Gasteiger partial charge in [-0.05, 0) is 72.6 Å². The SMILES string of the molecule is CCCc1cc2c(-c3ccc(C4CCCCC4)cc3)cccc2[cH-]1.CCCc1cc2c(-c3ccc(C4CCCCC4)cc3)cccc2[cH-]1.[Cl][Zr+2][Cl]. The van der Waals surface area contributed by atoms with Crippen LogP contribution in [0.1, 0.15) is 125 Å². The zero-order chi connectivity index (χ0) is 35.4. The summed E-state index contributed by atoms with van der Waals surface area (Å²) in [4.78, 5) is 0. The molecule has 0 unspecified atom stereocenters. The van der Waals surface area contributed by atoms with Crippen LogP contribution >= 0.6 is 17.0 Å². The van der Waals surface area contributed by atoms with Crippen molar-refractivity contribution < 1.29 is 20.8 Å². The van der Waals surface area contributed by atoms with Crippen molar-refractivity contribution in [3.8, 4) is 22.3 Å². The average Bonchev–Trinajstić information content (AvgIpc) is 3.80. The van der Waals surface area contributed by atoms with Gasteiger partial charge >= 0.3 is 37.9 Å². The van der Waals surface area contributed by atoms with Gasteiger partial charge in [-0.1, -0.05) is 137 Å². The van der Waals surface area contributed by atoms with E-state index in [1.807, 2.05) is 0 Å². The fourth-order valence-electron chi connectivity index (χ4n) is 8.70. The van der Waals surface area contributed by atoms with E-state index in [4.69, 9.17) is 17.0 Å². The summed E-state index contributed by atoms with van der Waals surface area (Å²) in [6, 6.07) is 41.8. The normalized spacial score (nSPS) is 15.1. The van der Waals surface area contributed by atoms with E-state index in [2.05, 4.69) is 123 Å². The molecular formula is C48H54Cl2Zr. The number of aryl methyl sites for hydroxylation is 2. The van der Waals surface area contributed by atoms with Crippen LogP contribution in [0.5, 0.6) is 0 Å². The van der Waals surface area contributed by atoms with Crippen LogP contribution in [-0.2, 0) is 33.7 Å². The molecule has 0 aliphatic heterocycles. The third-order valence-electron chi connectivity index (χ3n) is 11.3. The Kier molecular flexibility index (Phi) is 14.7. The standard InChI is InChI=1S/2C24H27.2ClH.Zr/c2*1-2-7-18-16-22-10-6-11-23(24(22)17-18)21-14-12-20(13-15-21)19-8-4-3-5-9-19;;;/h2*6,10-17,19H,2-5,7-9H2,1H3;2*1H;/q2*-1;;;+4/p-2. The predicted octanol–water partition coefficient (Wildman–Crippen LogP) is 15.8. The van der Waals surface area contributed by atoms with E-state index in [1.165, 1.54) is 145 Å². The van der Waals surface area contributed by atoms with Crippen molar-refractivity contribution in [2.75, 3.05) is 0 Å². The summed E-state index contributed by atoms with van der Waals surface area (Å²) in [6.45, 7) is 4.51. The van der Waals surface area contributed by atoms with Gasteiger partial charge in [-0.25, -0.2) is 0 Å². The quantitative estimate of drug-likeness (QED) is 0.135. The topological polar surface area (TPSA) is 0 Å². The van der Waals surface area contributed by atoms with Crippen molar-refractivity contribution in [1.82, 2.24) is 0 Å². The number of benzene rings is 4. The first-order valence-corrected chi connectivity index (χ1v) is 26.0. The van der Waals surface area contributed by atoms with E-state index < -0.39 is 20.8 Å². The number of hydrogen-bond donors (Lipinski definition) is 0. The van der Waals surface area contributed by atoms with Crippen LogP contribution in [0.15, 0.2) is 109 Å². The number of halogens is 2. The van der Waals surface area contributed by atoms with Gasteiger partial charge in [0.05, 0.1) is 0 Å². The summed E-state index contributed by atoms with van der Waals surface area (Å²) in [5.74, 6) is 1.58. The van der Waals surface area contributed by atoms with Crippen molar-refractivity contribution >= 4 is 38.6 Å². The van der Waals surface area contributed by atoms with Gasteiger partial charge in [-0.15, -0.1) is 69.1 Å². The summed E-state index contributed by atoms with van der Waals surface area (Å²) in [6.07, 6.45) is 18.7. The molecule has 2 fully saturated rings. The summed E-state index contributed by atoms with van der Waals surface area (Å²) < 4.78 is 0. The first-order chi connectivity index (χ1) is 25.1. The van der Waals surface area contributed by atoms with Crippen LogP contribution in [0, 0.1) is 0 Å². The average molecular weight is 793 g/mol. The minimum absolute atomic E-state index is 0.790. The molecule has 3 heteroatoms. The molecule has 6 aromatic carbocycles. The maximum atomic E-state index is 4.93. The third kappa shape index (κ3) is 9.96. The fourth-order valence-corrected chi connectivity index (χ4v) is 8.70. The van der Waals surface area contributed by atoms with Gasteiger partial charge in [0.15, 0.2) is 0 Å². The Labute approximate surface area is 326 Å². The minimum atomic E-state index is -0.826. The summed E-state index contributed by atoms with van der Waals surface area (Å²) in [5, 5.41) is 5.58. The molecule has 2 aliphatic rings. The van der Waals surface area contributed by atoms with Gasteiger partial charge in [0.2, 0.25) is 0 Å². The van der Waals surface area contributed by atoms with Gasteiger partial charge in [-0.2, -0.15) is 12.1 Å². The first-order valence-electron chi connectivity index (χ1n) is 19.6. The van der Waals surface area contributed by atoms with Crippen LogP contribution < -0.4 is 0 Å². The summed E-state index contributed by atoms with van der Waals surface area (Å²) in [5.41, 5.74) is 11.5. The Balaban J connectivity index is 0.000000163. The molecule has 0 nitrogen and oxygen atoms in total. The third-order valence-corrected chi connectivity index (χ3v) is 11.3.